The summed E-state index contributed by atoms with van der Waals surface area (Å²) >= 11 is 0. The maximum absolute atomic E-state index is 11.5. The molecule has 0 fully saturated rings. The SMILES string of the molecule is [2H]C([2H])=C(C(=O)OCc1ccccc1)C([2H])([2H])[2H]. The monoisotopic (exact) mass is 181 g/mol. The van der Waals surface area contributed by atoms with E-state index in [1.807, 2.05) is 0 Å². The lowest BCUT2D eigenvalue weighted by atomic mass is 10.2. The molecule has 2 heteroatoms. The standard InChI is InChI=1S/C11H12O2/c1-9(2)11(12)13-8-10-6-4-3-5-7-10/h3-7H,1,8H2,2H3/i1D2,2D3. The molecule has 0 aliphatic carbocycles. The van der Waals surface area contributed by atoms with Gasteiger partial charge in [-0.2, -0.15) is 0 Å². The van der Waals surface area contributed by atoms with E-state index in [1.165, 1.54) is 0 Å². The highest BCUT2D eigenvalue weighted by Crippen LogP contribution is 2.02. The predicted octanol–water partition coefficient (Wildman–Crippen LogP) is 2.31. The van der Waals surface area contributed by atoms with Crippen molar-refractivity contribution in [1.29, 1.82) is 0 Å². The third-order valence-corrected chi connectivity index (χ3v) is 1.42. The van der Waals surface area contributed by atoms with Crippen molar-refractivity contribution in [3.05, 3.63) is 48.0 Å². The number of benzene rings is 1. The van der Waals surface area contributed by atoms with Crippen molar-refractivity contribution in [2.45, 2.75) is 13.5 Å². The van der Waals surface area contributed by atoms with Gasteiger partial charge in [-0.1, -0.05) is 36.9 Å². The average molecular weight is 181 g/mol. The molecule has 0 radical (unpaired) electrons. The smallest absolute Gasteiger partial charge is 0.333 e. The van der Waals surface area contributed by atoms with Crippen LogP contribution in [0.4, 0.5) is 0 Å². The molecule has 0 amide bonds. The molecule has 0 aliphatic heterocycles. The minimum absolute atomic E-state index is 0.0907. The van der Waals surface area contributed by atoms with Crippen LogP contribution < -0.4 is 0 Å². The van der Waals surface area contributed by atoms with Gasteiger partial charge in [0.25, 0.3) is 0 Å². The van der Waals surface area contributed by atoms with Gasteiger partial charge in [-0.25, -0.2) is 4.79 Å². The van der Waals surface area contributed by atoms with Crippen LogP contribution in [0.15, 0.2) is 42.4 Å². The Bertz CT molecular complexity index is 446. The average Bonchev–Trinajstić information content (AvgIpc) is 2.25. The molecule has 0 aliphatic rings. The van der Waals surface area contributed by atoms with E-state index in [9.17, 15) is 4.79 Å². The van der Waals surface area contributed by atoms with Crippen molar-refractivity contribution < 1.29 is 16.4 Å². The van der Waals surface area contributed by atoms with Crippen LogP contribution >= 0.6 is 0 Å². The van der Waals surface area contributed by atoms with E-state index in [0.29, 0.717) is 5.56 Å². The van der Waals surface area contributed by atoms with E-state index < -0.39 is 24.9 Å². The number of carbonyl (C=O) groups is 1. The molecule has 0 aromatic heterocycles. The van der Waals surface area contributed by atoms with Crippen molar-refractivity contribution in [3.8, 4) is 0 Å². The summed E-state index contributed by atoms with van der Waals surface area (Å²) in [6, 6.07) is 8.74. The summed E-state index contributed by atoms with van der Waals surface area (Å²) in [5.41, 5.74) is -0.203. The highest BCUT2D eigenvalue weighted by Gasteiger charge is 2.02. The zero-order valence-electron chi connectivity index (χ0n) is 11.9. The van der Waals surface area contributed by atoms with Crippen LogP contribution in [0.1, 0.15) is 19.3 Å². The number of carbonyl (C=O) groups excluding carboxylic acids is 1. The van der Waals surface area contributed by atoms with Gasteiger partial charge in [0.15, 0.2) is 0 Å². The van der Waals surface area contributed by atoms with Crippen LogP contribution in [0.25, 0.3) is 0 Å². The first kappa shape index (κ1) is 4.61. The van der Waals surface area contributed by atoms with Crippen LogP contribution in [0.2, 0.25) is 0 Å². The largest absolute Gasteiger partial charge is 0.457 e. The highest BCUT2D eigenvalue weighted by atomic mass is 16.5. The van der Waals surface area contributed by atoms with Gasteiger partial charge < -0.3 is 4.74 Å². The van der Waals surface area contributed by atoms with E-state index in [0.717, 1.165) is 0 Å². The second-order valence-electron chi connectivity index (χ2n) is 2.44. The Labute approximate surface area is 84.9 Å². The molecule has 1 rings (SSSR count). The molecular weight excluding hydrogens is 164 g/mol. The van der Waals surface area contributed by atoms with E-state index in [4.69, 9.17) is 11.6 Å². The Kier molecular flexibility index (Phi) is 1.58. The van der Waals surface area contributed by atoms with Gasteiger partial charge >= 0.3 is 5.97 Å². The van der Waals surface area contributed by atoms with Gasteiger partial charge in [-0.05, 0) is 12.4 Å². The third kappa shape index (κ3) is 3.11. The first-order chi connectivity index (χ1) is 8.32. The molecule has 0 heterocycles. The first-order valence-electron chi connectivity index (χ1n) is 6.21. The zero-order valence-corrected chi connectivity index (χ0v) is 6.91. The van der Waals surface area contributed by atoms with Crippen molar-refractivity contribution in [2.24, 2.45) is 0 Å². The lowest BCUT2D eigenvalue weighted by Crippen LogP contribution is -2.04. The molecule has 13 heavy (non-hydrogen) atoms. The topological polar surface area (TPSA) is 26.3 Å². The molecule has 2 nitrogen and oxygen atoms in total. The molecule has 0 bridgehead atoms. The lowest BCUT2D eigenvalue weighted by molar-refractivity contribution is -0.140. The third-order valence-electron chi connectivity index (χ3n) is 1.42. The van der Waals surface area contributed by atoms with E-state index >= 15 is 0 Å². The minimum atomic E-state index is -2.81. The number of esters is 1. The summed E-state index contributed by atoms with van der Waals surface area (Å²) in [7, 11) is 0. The maximum Gasteiger partial charge on any atom is 0.333 e. The van der Waals surface area contributed by atoms with Gasteiger partial charge in [0.1, 0.15) is 6.61 Å². The number of hydrogen-bond donors (Lipinski definition) is 0. The fraction of sp³-hybridized carbons (Fsp3) is 0.182. The normalized spacial score (nSPS) is 15.5. The van der Waals surface area contributed by atoms with Gasteiger partial charge in [0, 0.05) is 9.69 Å². The molecule has 0 atom stereocenters. The second-order valence-corrected chi connectivity index (χ2v) is 2.44. The van der Waals surface area contributed by atoms with Crippen molar-refractivity contribution in [2.75, 3.05) is 0 Å². The number of rotatable bonds is 3. The molecule has 1 aromatic rings. The molecule has 0 saturated heterocycles. The summed E-state index contributed by atoms with van der Waals surface area (Å²) in [6.45, 7) is -3.95. The summed E-state index contributed by atoms with van der Waals surface area (Å²) in [4.78, 5) is 11.5. The minimum Gasteiger partial charge on any atom is -0.457 e. The Balaban J connectivity index is 2.74. The van der Waals surface area contributed by atoms with Crippen molar-refractivity contribution in [1.82, 2.24) is 0 Å². The number of ether oxygens (including phenoxy) is 1. The maximum atomic E-state index is 11.5. The van der Waals surface area contributed by atoms with Crippen molar-refractivity contribution >= 4 is 5.97 Å². The Hall–Kier alpha value is -1.57. The molecular formula is C11H12O2. The molecule has 1 aromatic carbocycles. The van der Waals surface area contributed by atoms with Gasteiger partial charge in [0.05, 0.1) is 2.74 Å². The van der Waals surface area contributed by atoms with Gasteiger partial charge in [-0.3, -0.25) is 0 Å². The molecule has 0 N–H and O–H groups in total. The summed E-state index contributed by atoms with van der Waals surface area (Å²) in [6.07, 6.45) is 0. The molecule has 0 unspecified atom stereocenters. The van der Waals surface area contributed by atoms with E-state index in [-0.39, 0.29) is 6.61 Å². The fourth-order valence-corrected chi connectivity index (χ4v) is 0.795. The second kappa shape index (κ2) is 4.45. The van der Waals surface area contributed by atoms with Crippen LogP contribution in [-0.4, -0.2) is 5.97 Å². The lowest BCUT2D eigenvalue weighted by Gasteiger charge is -2.03. The van der Waals surface area contributed by atoms with Crippen LogP contribution in [0.5, 0.6) is 0 Å². The van der Waals surface area contributed by atoms with Crippen molar-refractivity contribution in [3.63, 3.8) is 0 Å². The zero-order chi connectivity index (χ0) is 13.8. The number of hydrogen-bond acceptors (Lipinski definition) is 2. The van der Waals surface area contributed by atoms with Gasteiger partial charge in [0.2, 0.25) is 0 Å². The molecule has 0 spiro atoms. The Morgan fingerprint density at radius 2 is 2.38 bits per heavy atom. The molecule has 68 valence electrons. The summed E-state index contributed by atoms with van der Waals surface area (Å²) in [5.74, 6) is -1.15. The Morgan fingerprint density at radius 1 is 1.62 bits per heavy atom. The predicted molar refractivity (Wildman–Crippen MR) is 51.1 cm³/mol. The first-order valence-corrected chi connectivity index (χ1v) is 3.71. The van der Waals surface area contributed by atoms with Crippen LogP contribution in [0.3, 0.4) is 0 Å². The van der Waals surface area contributed by atoms with E-state index in [2.05, 4.69) is 0 Å². The molecule has 0 saturated carbocycles. The van der Waals surface area contributed by atoms with Crippen LogP contribution in [-0.2, 0) is 16.1 Å². The summed E-state index contributed by atoms with van der Waals surface area (Å²) < 4.78 is 40.0. The van der Waals surface area contributed by atoms with Crippen LogP contribution in [0, 0.1) is 0 Å². The summed E-state index contributed by atoms with van der Waals surface area (Å²) in [5, 5.41) is 0. The quantitative estimate of drug-likeness (QED) is 0.528. The van der Waals surface area contributed by atoms with Gasteiger partial charge in [-0.15, -0.1) is 0 Å². The van der Waals surface area contributed by atoms with E-state index in [1.54, 1.807) is 30.3 Å². The fourth-order valence-electron chi connectivity index (χ4n) is 0.795. The highest BCUT2D eigenvalue weighted by molar-refractivity contribution is 5.86. The Morgan fingerprint density at radius 3 is 3.00 bits per heavy atom.